The number of rotatable bonds is 3. The highest BCUT2D eigenvalue weighted by Gasteiger charge is 1.93. The average molecular weight is 255 g/mol. The predicted octanol–water partition coefficient (Wildman–Crippen LogP) is 2.01. The summed E-state index contributed by atoms with van der Waals surface area (Å²) in [6, 6.07) is 0.401. The molecule has 1 aromatic rings. The minimum atomic E-state index is 0.401. The van der Waals surface area contributed by atoms with Crippen LogP contribution in [0, 0.1) is 11.8 Å². The van der Waals surface area contributed by atoms with Crippen LogP contribution >= 0.6 is 15.9 Å². The monoisotopic (exact) mass is 254 g/mol. The Morgan fingerprint density at radius 2 is 2.14 bits per heavy atom. The van der Waals surface area contributed by atoms with E-state index in [1.54, 1.807) is 12.4 Å². The van der Waals surface area contributed by atoms with Crippen LogP contribution < -0.4 is 4.74 Å². The summed E-state index contributed by atoms with van der Waals surface area (Å²) >= 11 is 3.30. The van der Waals surface area contributed by atoms with E-state index in [2.05, 4.69) is 37.7 Å². The molecule has 0 aliphatic carbocycles. The third-order valence-corrected chi connectivity index (χ3v) is 1.75. The van der Waals surface area contributed by atoms with E-state index in [1.165, 1.54) is 0 Å². The molecule has 0 N–H and O–H groups in total. The van der Waals surface area contributed by atoms with Crippen LogP contribution in [0.4, 0.5) is 0 Å². The standard InChI is InChI=1S/C10H11BrN2O/c1-2-14-10-12-7-9(8-13-10)5-3-4-6-11/h7-8H,2,4,6H2,1H3. The van der Waals surface area contributed by atoms with Crippen molar-refractivity contribution in [3.63, 3.8) is 0 Å². The summed E-state index contributed by atoms with van der Waals surface area (Å²) in [4.78, 5) is 8.00. The molecular formula is C10H11BrN2O. The number of halogens is 1. The van der Waals surface area contributed by atoms with Crippen LogP contribution in [0.3, 0.4) is 0 Å². The molecule has 1 aromatic heterocycles. The second kappa shape index (κ2) is 6.39. The molecule has 0 unspecified atom stereocenters. The second-order valence-corrected chi connectivity index (χ2v) is 3.22. The Hall–Kier alpha value is -1.08. The van der Waals surface area contributed by atoms with Gasteiger partial charge in [-0.05, 0) is 6.92 Å². The van der Waals surface area contributed by atoms with Crippen molar-refractivity contribution in [3.8, 4) is 17.9 Å². The van der Waals surface area contributed by atoms with E-state index in [-0.39, 0.29) is 0 Å². The Labute approximate surface area is 92.0 Å². The van der Waals surface area contributed by atoms with Crippen molar-refractivity contribution in [2.75, 3.05) is 11.9 Å². The first kappa shape index (κ1) is 11.0. The SMILES string of the molecule is CCOc1ncc(C#CCCBr)cn1. The van der Waals surface area contributed by atoms with Crippen molar-refractivity contribution < 1.29 is 4.74 Å². The van der Waals surface area contributed by atoms with Gasteiger partial charge in [-0.2, -0.15) is 0 Å². The van der Waals surface area contributed by atoms with Crippen LogP contribution in [0.25, 0.3) is 0 Å². The van der Waals surface area contributed by atoms with Crippen molar-refractivity contribution in [2.45, 2.75) is 13.3 Å². The number of alkyl halides is 1. The highest BCUT2D eigenvalue weighted by atomic mass is 79.9. The molecule has 0 bridgehead atoms. The number of ether oxygens (including phenoxy) is 1. The third kappa shape index (κ3) is 3.75. The fourth-order valence-electron chi connectivity index (χ4n) is 0.796. The molecule has 0 radical (unpaired) electrons. The lowest BCUT2D eigenvalue weighted by atomic mass is 10.3. The highest BCUT2D eigenvalue weighted by Crippen LogP contribution is 2.01. The van der Waals surface area contributed by atoms with E-state index < -0.39 is 0 Å². The maximum Gasteiger partial charge on any atom is 0.316 e. The van der Waals surface area contributed by atoms with Gasteiger partial charge < -0.3 is 4.74 Å². The fourth-order valence-corrected chi connectivity index (χ4v) is 0.994. The van der Waals surface area contributed by atoms with E-state index in [9.17, 15) is 0 Å². The summed E-state index contributed by atoms with van der Waals surface area (Å²) in [5, 5.41) is 0.887. The van der Waals surface area contributed by atoms with E-state index in [0.717, 1.165) is 17.3 Å². The molecule has 0 fully saturated rings. The van der Waals surface area contributed by atoms with Gasteiger partial charge in [-0.1, -0.05) is 27.8 Å². The molecular weight excluding hydrogens is 244 g/mol. The molecule has 1 heterocycles. The Morgan fingerprint density at radius 1 is 1.43 bits per heavy atom. The van der Waals surface area contributed by atoms with Gasteiger partial charge in [0.25, 0.3) is 0 Å². The normalized spacial score (nSPS) is 9.00. The van der Waals surface area contributed by atoms with Gasteiger partial charge in [-0.15, -0.1) is 0 Å². The topological polar surface area (TPSA) is 35.0 Å². The van der Waals surface area contributed by atoms with Gasteiger partial charge in [0, 0.05) is 24.1 Å². The Bertz CT molecular complexity index is 326. The van der Waals surface area contributed by atoms with Crippen molar-refractivity contribution in [3.05, 3.63) is 18.0 Å². The zero-order valence-electron chi connectivity index (χ0n) is 7.96. The minimum Gasteiger partial charge on any atom is -0.464 e. The number of aromatic nitrogens is 2. The number of hydrogen-bond donors (Lipinski definition) is 0. The van der Waals surface area contributed by atoms with Crippen LogP contribution in [0.1, 0.15) is 18.9 Å². The van der Waals surface area contributed by atoms with Gasteiger partial charge in [-0.3, -0.25) is 0 Å². The van der Waals surface area contributed by atoms with E-state index in [0.29, 0.717) is 12.6 Å². The van der Waals surface area contributed by atoms with Gasteiger partial charge in [0.1, 0.15) is 0 Å². The average Bonchev–Trinajstić information content (AvgIpc) is 2.21. The predicted molar refractivity (Wildman–Crippen MR) is 58.5 cm³/mol. The van der Waals surface area contributed by atoms with Gasteiger partial charge in [0.15, 0.2) is 0 Å². The summed E-state index contributed by atoms with van der Waals surface area (Å²) < 4.78 is 5.11. The lowest BCUT2D eigenvalue weighted by molar-refractivity contribution is 0.312. The van der Waals surface area contributed by atoms with E-state index >= 15 is 0 Å². The molecule has 0 aliphatic heterocycles. The van der Waals surface area contributed by atoms with Crippen molar-refractivity contribution >= 4 is 15.9 Å². The molecule has 74 valence electrons. The van der Waals surface area contributed by atoms with E-state index in [4.69, 9.17) is 4.74 Å². The Balaban J connectivity index is 2.60. The van der Waals surface area contributed by atoms with Gasteiger partial charge in [0.2, 0.25) is 0 Å². The molecule has 1 rings (SSSR count). The molecule has 0 aliphatic rings. The molecule has 14 heavy (non-hydrogen) atoms. The largest absolute Gasteiger partial charge is 0.464 e. The molecule has 0 saturated carbocycles. The maximum atomic E-state index is 5.11. The maximum absolute atomic E-state index is 5.11. The van der Waals surface area contributed by atoms with Crippen LogP contribution in [0.15, 0.2) is 12.4 Å². The molecule has 3 nitrogen and oxygen atoms in total. The van der Waals surface area contributed by atoms with Gasteiger partial charge in [0.05, 0.1) is 12.2 Å². The van der Waals surface area contributed by atoms with Crippen molar-refractivity contribution in [1.82, 2.24) is 9.97 Å². The lowest BCUT2D eigenvalue weighted by Crippen LogP contribution is -1.96. The minimum absolute atomic E-state index is 0.401. The Kier molecular flexibility index (Phi) is 5.02. The molecule has 0 spiro atoms. The summed E-state index contributed by atoms with van der Waals surface area (Å²) in [6.45, 7) is 2.47. The zero-order valence-corrected chi connectivity index (χ0v) is 9.54. The quantitative estimate of drug-likeness (QED) is 0.612. The molecule has 4 heteroatoms. The molecule has 0 saturated heterocycles. The van der Waals surface area contributed by atoms with Crippen LogP contribution in [-0.4, -0.2) is 21.9 Å². The summed E-state index contributed by atoms with van der Waals surface area (Å²) in [6.07, 6.45) is 4.16. The first-order chi connectivity index (χ1) is 6.86. The number of hydrogen-bond acceptors (Lipinski definition) is 3. The van der Waals surface area contributed by atoms with Crippen LogP contribution in [-0.2, 0) is 0 Å². The zero-order chi connectivity index (χ0) is 10.2. The molecule has 0 amide bonds. The molecule has 0 aromatic carbocycles. The smallest absolute Gasteiger partial charge is 0.316 e. The van der Waals surface area contributed by atoms with Crippen LogP contribution in [0.2, 0.25) is 0 Å². The first-order valence-corrected chi connectivity index (χ1v) is 5.48. The lowest BCUT2D eigenvalue weighted by Gasteiger charge is -1.98. The first-order valence-electron chi connectivity index (χ1n) is 4.36. The number of nitrogens with zero attached hydrogens (tertiary/aromatic N) is 2. The van der Waals surface area contributed by atoms with Crippen molar-refractivity contribution in [2.24, 2.45) is 0 Å². The Morgan fingerprint density at radius 3 is 2.71 bits per heavy atom. The summed E-state index contributed by atoms with van der Waals surface area (Å²) in [7, 11) is 0. The highest BCUT2D eigenvalue weighted by molar-refractivity contribution is 9.09. The molecule has 0 atom stereocenters. The fraction of sp³-hybridized carbons (Fsp3) is 0.400. The van der Waals surface area contributed by atoms with Crippen LogP contribution in [0.5, 0.6) is 6.01 Å². The van der Waals surface area contributed by atoms with Gasteiger partial charge in [-0.25, -0.2) is 9.97 Å². The van der Waals surface area contributed by atoms with E-state index in [1.807, 2.05) is 6.92 Å². The van der Waals surface area contributed by atoms with Crippen molar-refractivity contribution in [1.29, 1.82) is 0 Å². The third-order valence-electron chi connectivity index (χ3n) is 1.35. The summed E-state index contributed by atoms with van der Waals surface area (Å²) in [5.74, 6) is 5.94. The summed E-state index contributed by atoms with van der Waals surface area (Å²) in [5.41, 5.74) is 0.814. The second-order valence-electron chi connectivity index (χ2n) is 2.43. The van der Waals surface area contributed by atoms with Gasteiger partial charge >= 0.3 is 6.01 Å².